The van der Waals surface area contributed by atoms with E-state index in [2.05, 4.69) is 5.32 Å². The Morgan fingerprint density at radius 2 is 1.87 bits per heavy atom. The number of nitrogens with one attached hydrogen (secondary N) is 3. The monoisotopic (exact) mass is 342 g/mol. The molecule has 1 rings (SSSR count). The van der Waals surface area contributed by atoms with Crippen LogP contribution in [0.5, 0.6) is 0 Å². The van der Waals surface area contributed by atoms with Crippen molar-refractivity contribution in [2.24, 2.45) is 5.92 Å². The molecule has 23 heavy (non-hydrogen) atoms. The molecule has 0 radical (unpaired) electrons. The Labute approximate surface area is 136 Å². The molecule has 0 aliphatic rings. The molecule has 0 heterocycles. The van der Waals surface area contributed by atoms with Crippen LogP contribution in [0.4, 0.5) is 5.69 Å². The average Bonchev–Trinajstić information content (AvgIpc) is 2.49. The lowest BCUT2D eigenvalue weighted by molar-refractivity contribution is -0.384. The normalized spacial score (nSPS) is 10.1. The molecule has 124 valence electrons. The molecular weight excluding hydrogens is 328 g/mol. The molecule has 3 amide bonds. The van der Waals surface area contributed by atoms with Gasteiger partial charge in [-0.3, -0.25) is 35.3 Å². The molecule has 0 saturated heterocycles. The first-order valence-corrected chi connectivity index (χ1v) is 6.92. The number of hydrogen-bond acceptors (Lipinski definition) is 5. The van der Waals surface area contributed by atoms with Crippen LogP contribution in [0.3, 0.4) is 0 Å². The third-order valence-corrected chi connectivity index (χ3v) is 2.90. The van der Waals surface area contributed by atoms with Gasteiger partial charge in [0.2, 0.25) is 0 Å². The number of halogens is 1. The molecule has 0 bridgehead atoms. The van der Waals surface area contributed by atoms with Gasteiger partial charge in [-0.05, 0) is 12.0 Å². The lowest BCUT2D eigenvalue weighted by atomic mass is 10.2. The van der Waals surface area contributed by atoms with E-state index in [-0.39, 0.29) is 22.2 Å². The van der Waals surface area contributed by atoms with Gasteiger partial charge in [0, 0.05) is 18.7 Å². The third-order valence-electron chi connectivity index (χ3n) is 2.57. The van der Waals surface area contributed by atoms with Crippen molar-refractivity contribution in [3.63, 3.8) is 0 Å². The molecule has 1 aromatic rings. The molecule has 9 nitrogen and oxygen atoms in total. The number of hydrazine groups is 1. The molecule has 0 aliphatic carbocycles. The number of carbonyl (C=O) groups excluding carboxylic acids is 3. The summed E-state index contributed by atoms with van der Waals surface area (Å²) in [6.07, 6.45) is 0. The summed E-state index contributed by atoms with van der Waals surface area (Å²) in [6.45, 7) is 4.01. The van der Waals surface area contributed by atoms with Gasteiger partial charge in [-0.1, -0.05) is 25.4 Å². The van der Waals surface area contributed by atoms with Crippen LogP contribution in [0.15, 0.2) is 18.2 Å². The van der Waals surface area contributed by atoms with E-state index >= 15 is 0 Å². The summed E-state index contributed by atoms with van der Waals surface area (Å²) in [5.41, 5.74) is 3.33. The van der Waals surface area contributed by atoms with Crippen LogP contribution >= 0.6 is 11.6 Å². The van der Waals surface area contributed by atoms with E-state index in [4.69, 9.17) is 11.6 Å². The molecule has 0 fully saturated rings. The number of rotatable bonds is 4. The van der Waals surface area contributed by atoms with Gasteiger partial charge in [0.05, 0.1) is 15.5 Å². The van der Waals surface area contributed by atoms with E-state index in [1.54, 1.807) is 0 Å². The Kier molecular flexibility index (Phi) is 6.46. The maximum absolute atomic E-state index is 11.9. The molecule has 3 N–H and O–H groups in total. The van der Waals surface area contributed by atoms with E-state index in [1.165, 1.54) is 6.07 Å². The number of benzene rings is 1. The van der Waals surface area contributed by atoms with Crippen molar-refractivity contribution in [1.82, 2.24) is 16.2 Å². The van der Waals surface area contributed by atoms with Crippen molar-refractivity contribution in [3.8, 4) is 0 Å². The first kappa shape index (κ1) is 18.4. The maximum atomic E-state index is 11.9. The van der Waals surface area contributed by atoms with Crippen molar-refractivity contribution in [3.05, 3.63) is 38.9 Å². The summed E-state index contributed by atoms with van der Waals surface area (Å²) in [4.78, 5) is 44.7. The predicted octanol–water partition coefficient (Wildman–Crippen LogP) is 0.781. The summed E-state index contributed by atoms with van der Waals surface area (Å²) in [6, 6.07) is 3.28. The highest BCUT2D eigenvalue weighted by molar-refractivity contribution is 6.36. The van der Waals surface area contributed by atoms with Crippen LogP contribution in [-0.4, -0.2) is 29.2 Å². The van der Waals surface area contributed by atoms with Gasteiger partial charge in [0.1, 0.15) is 0 Å². The third kappa shape index (κ3) is 5.55. The number of nitro groups is 1. The van der Waals surface area contributed by atoms with Crippen molar-refractivity contribution in [2.45, 2.75) is 13.8 Å². The largest absolute Gasteiger partial charge is 0.348 e. The van der Waals surface area contributed by atoms with Crippen molar-refractivity contribution in [2.75, 3.05) is 6.54 Å². The Morgan fingerprint density at radius 3 is 2.43 bits per heavy atom. The number of non-ortho nitro benzene ring substituents is 1. The van der Waals surface area contributed by atoms with Crippen molar-refractivity contribution < 1.29 is 19.3 Å². The summed E-state index contributed by atoms with van der Waals surface area (Å²) < 4.78 is 0. The lowest BCUT2D eigenvalue weighted by Crippen LogP contribution is -2.49. The summed E-state index contributed by atoms with van der Waals surface area (Å²) >= 11 is 5.78. The zero-order chi connectivity index (χ0) is 17.6. The summed E-state index contributed by atoms with van der Waals surface area (Å²) in [5.74, 6) is -2.71. The minimum atomic E-state index is -1.07. The standard InChI is InChI=1S/C13H15ClN4O5/c1-7(2)6-15-12(20)13(21)17-16-11(19)9-5-8(18(22)23)3-4-10(9)14/h3-5,7H,6H2,1-2H3,(H,15,20)(H,16,19)(H,17,21). The Bertz CT molecular complexity index is 647. The molecular formula is C13H15ClN4O5. The van der Waals surface area contributed by atoms with Crippen LogP contribution in [0, 0.1) is 16.0 Å². The second-order valence-electron chi connectivity index (χ2n) is 4.93. The SMILES string of the molecule is CC(C)CNC(=O)C(=O)NNC(=O)c1cc([N+](=O)[O-])ccc1Cl. The molecule has 0 atom stereocenters. The number of amides is 3. The Hall–Kier alpha value is -2.68. The second-order valence-corrected chi connectivity index (χ2v) is 5.34. The molecule has 10 heteroatoms. The van der Waals surface area contributed by atoms with Crippen LogP contribution in [0.2, 0.25) is 5.02 Å². The van der Waals surface area contributed by atoms with Gasteiger partial charge in [-0.2, -0.15) is 0 Å². The highest BCUT2D eigenvalue weighted by Gasteiger charge is 2.18. The van der Waals surface area contributed by atoms with E-state index < -0.39 is 22.6 Å². The average molecular weight is 343 g/mol. The van der Waals surface area contributed by atoms with Crippen LogP contribution in [-0.2, 0) is 9.59 Å². The summed E-state index contributed by atoms with van der Waals surface area (Å²) in [5, 5.41) is 13.0. The van der Waals surface area contributed by atoms with Gasteiger partial charge < -0.3 is 5.32 Å². The molecule has 0 saturated carbocycles. The van der Waals surface area contributed by atoms with Crippen LogP contribution in [0.25, 0.3) is 0 Å². The van der Waals surface area contributed by atoms with Crippen molar-refractivity contribution in [1.29, 1.82) is 0 Å². The highest BCUT2D eigenvalue weighted by Crippen LogP contribution is 2.21. The molecule has 0 aromatic heterocycles. The van der Waals surface area contributed by atoms with Gasteiger partial charge >= 0.3 is 11.8 Å². The van der Waals surface area contributed by atoms with Crippen LogP contribution in [0.1, 0.15) is 24.2 Å². The quantitative estimate of drug-likeness (QED) is 0.423. The van der Waals surface area contributed by atoms with Crippen molar-refractivity contribution >= 4 is 35.0 Å². The van der Waals surface area contributed by atoms with Gasteiger partial charge in [0.15, 0.2) is 0 Å². The molecule has 1 aromatic carbocycles. The van der Waals surface area contributed by atoms with E-state index in [0.717, 1.165) is 12.1 Å². The molecule has 0 unspecified atom stereocenters. The zero-order valence-electron chi connectivity index (χ0n) is 12.4. The zero-order valence-corrected chi connectivity index (χ0v) is 13.1. The fraction of sp³-hybridized carbons (Fsp3) is 0.308. The van der Waals surface area contributed by atoms with E-state index in [0.29, 0.717) is 6.54 Å². The smallest absolute Gasteiger partial charge is 0.327 e. The molecule has 0 aliphatic heterocycles. The van der Waals surface area contributed by atoms with Gasteiger partial charge in [-0.15, -0.1) is 0 Å². The highest BCUT2D eigenvalue weighted by atomic mass is 35.5. The summed E-state index contributed by atoms with van der Waals surface area (Å²) in [7, 11) is 0. The first-order valence-electron chi connectivity index (χ1n) is 6.54. The number of carbonyl (C=O) groups is 3. The Morgan fingerprint density at radius 1 is 1.22 bits per heavy atom. The second kappa shape index (κ2) is 8.08. The minimum absolute atomic E-state index is 0.0355. The topological polar surface area (TPSA) is 130 Å². The molecule has 0 spiro atoms. The minimum Gasteiger partial charge on any atom is -0.348 e. The van der Waals surface area contributed by atoms with Gasteiger partial charge in [-0.25, -0.2) is 0 Å². The predicted molar refractivity (Wildman–Crippen MR) is 81.6 cm³/mol. The number of nitro benzene ring substituents is 1. The maximum Gasteiger partial charge on any atom is 0.327 e. The first-order chi connectivity index (χ1) is 10.7. The van der Waals surface area contributed by atoms with E-state index in [9.17, 15) is 24.5 Å². The fourth-order valence-corrected chi connectivity index (χ4v) is 1.62. The van der Waals surface area contributed by atoms with Gasteiger partial charge in [0.25, 0.3) is 11.6 Å². The lowest BCUT2D eigenvalue weighted by Gasteiger charge is -2.09. The number of hydrogen-bond donors (Lipinski definition) is 3. The van der Waals surface area contributed by atoms with Crippen LogP contribution < -0.4 is 16.2 Å². The fourth-order valence-electron chi connectivity index (χ4n) is 1.42. The van der Waals surface area contributed by atoms with E-state index in [1.807, 2.05) is 24.7 Å². The number of nitrogens with zero attached hydrogens (tertiary/aromatic N) is 1. The Balaban J connectivity index is 2.66.